The second-order valence-corrected chi connectivity index (χ2v) is 8.67. The average Bonchev–Trinajstić information content (AvgIpc) is 3.32. The van der Waals surface area contributed by atoms with E-state index in [4.69, 9.17) is 0 Å². The van der Waals surface area contributed by atoms with Crippen molar-refractivity contribution in [2.45, 2.75) is 82.7 Å². The molecular weight excluding hydrogens is 309 g/mol. The number of piperidine rings is 2. The van der Waals surface area contributed by atoms with E-state index in [9.17, 15) is 9.90 Å². The Labute approximate surface area is 144 Å². The maximum Gasteiger partial charge on any atom is 0.408 e. The summed E-state index contributed by atoms with van der Waals surface area (Å²) in [7, 11) is 0. The van der Waals surface area contributed by atoms with Gasteiger partial charge in [-0.2, -0.15) is 0 Å². The molecule has 5 nitrogen and oxygen atoms in total. The molecule has 1 aliphatic carbocycles. The van der Waals surface area contributed by atoms with Crippen LogP contribution in [0.1, 0.15) is 52.9 Å². The monoisotopic (exact) mass is 341 g/mol. The molecule has 1 saturated carbocycles. The fourth-order valence-electron chi connectivity index (χ4n) is 4.73. The predicted octanol–water partition coefficient (Wildman–Crippen LogP) is 2.71. The van der Waals surface area contributed by atoms with Crippen molar-refractivity contribution in [1.29, 1.82) is 0 Å². The summed E-state index contributed by atoms with van der Waals surface area (Å²) in [5.74, 6) is 0.410. The van der Waals surface area contributed by atoms with Crippen LogP contribution in [0.2, 0.25) is 0 Å². The van der Waals surface area contributed by atoms with Crippen molar-refractivity contribution < 1.29 is 14.3 Å². The van der Waals surface area contributed by atoms with Gasteiger partial charge in [-0.25, -0.2) is 9.18 Å². The molecule has 1 amide bonds. The third kappa shape index (κ3) is 3.54. The highest BCUT2D eigenvalue weighted by Crippen LogP contribution is 2.43. The first kappa shape index (κ1) is 17.9. The van der Waals surface area contributed by atoms with Crippen LogP contribution in [0.5, 0.6) is 0 Å². The Bertz CT molecular complexity index is 458. The molecule has 3 aliphatic rings. The van der Waals surface area contributed by atoms with Crippen molar-refractivity contribution in [3.63, 3.8) is 0 Å². The summed E-state index contributed by atoms with van der Waals surface area (Å²) in [6.07, 6.45) is 2.82. The fraction of sp³-hybridized carbons (Fsp3) is 0.944. The molecular formula is C18H32FN3O2. The van der Waals surface area contributed by atoms with E-state index in [1.807, 2.05) is 20.8 Å². The fourth-order valence-corrected chi connectivity index (χ4v) is 4.73. The van der Waals surface area contributed by atoms with Crippen molar-refractivity contribution >= 4 is 6.09 Å². The van der Waals surface area contributed by atoms with Gasteiger partial charge in [0.15, 0.2) is 0 Å². The van der Waals surface area contributed by atoms with E-state index in [2.05, 4.69) is 10.2 Å². The molecule has 0 spiro atoms. The van der Waals surface area contributed by atoms with Gasteiger partial charge in [0.25, 0.3) is 0 Å². The SMILES string of the molecule is CC(C)(C)N(C(=O)O)C1CCN(C2CCNCC2)C(C2CC2)C1F. The smallest absolute Gasteiger partial charge is 0.408 e. The van der Waals surface area contributed by atoms with E-state index in [-0.39, 0.29) is 6.04 Å². The molecule has 2 N–H and O–H groups in total. The Morgan fingerprint density at radius 3 is 2.29 bits per heavy atom. The zero-order valence-corrected chi connectivity index (χ0v) is 15.2. The first-order valence-corrected chi connectivity index (χ1v) is 9.43. The molecule has 3 rings (SSSR count). The molecule has 3 atom stereocenters. The summed E-state index contributed by atoms with van der Waals surface area (Å²) in [5.41, 5.74) is -0.578. The summed E-state index contributed by atoms with van der Waals surface area (Å²) in [6.45, 7) is 8.40. The number of alkyl halides is 1. The highest BCUT2D eigenvalue weighted by Gasteiger charge is 2.51. The summed E-state index contributed by atoms with van der Waals surface area (Å²) < 4.78 is 15.6. The number of halogens is 1. The van der Waals surface area contributed by atoms with Gasteiger partial charge in [-0.1, -0.05) is 0 Å². The number of carboxylic acid groups (broad SMARTS) is 1. The van der Waals surface area contributed by atoms with E-state index < -0.39 is 23.8 Å². The molecule has 0 aromatic rings. The van der Waals surface area contributed by atoms with Gasteiger partial charge < -0.3 is 10.4 Å². The molecule has 0 aromatic heterocycles. The third-order valence-electron chi connectivity index (χ3n) is 5.90. The lowest BCUT2D eigenvalue weighted by molar-refractivity contribution is -0.0563. The zero-order valence-electron chi connectivity index (χ0n) is 15.2. The average molecular weight is 341 g/mol. The van der Waals surface area contributed by atoms with Crippen LogP contribution in [0.3, 0.4) is 0 Å². The highest BCUT2D eigenvalue weighted by molar-refractivity contribution is 5.66. The molecule has 24 heavy (non-hydrogen) atoms. The Balaban J connectivity index is 1.80. The number of carbonyl (C=O) groups is 1. The lowest BCUT2D eigenvalue weighted by Gasteiger charge is -2.51. The van der Waals surface area contributed by atoms with Crippen molar-refractivity contribution in [3.8, 4) is 0 Å². The molecule has 0 radical (unpaired) electrons. The molecule has 2 heterocycles. The standard InChI is InChI=1S/C18H32FN3O2/c1-18(2,3)22(17(23)24)14-8-11-21(13-6-9-20-10-7-13)16(15(14)19)12-4-5-12/h12-16,20H,4-11H2,1-3H3,(H,23,24). The number of nitrogens with one attached hydrogen (secondary N) is 1. The van der Waals surface area contributed by atoms with E-state index in [0.717, 1.165) is 45.3 Å². The molecule has 2 saturated heterocycles. The van der Waals surface area contributed by atoms with Crippen LogP contribution >= 0.6 is 0 Å². The van der Waals surface area contributed by atoms with Crippen molar-refractivity contribution in [1.82, 2.24) is 15.1 Å². The second kappa shape index (κ2) is 6.79. The molecule has 0 aromatic carbocycles. The predicted molar refractivity (Wildman–Crippen MR) is 92.0 cm³/mol. The Hall–Kier alpha value is -0.880. The second-order valence-electron chi connectivity index (χ2n) is 8.67. The number of hydrogen-bond acceptors (Lipinski definition) is 3. The Kier molecular flexibility index (Phi) is 5.07. The lowest BCUT2D eigenvalue weighted by Crippen LogP contribution is -2.65. The largest absolute Gasteiger partial charge is 0.465 e. The van der Waals surface area contributed by atoms with Crippen molar-refractivity contribution in [3.05, 3.63) is 0 Å². The van der Waals surface area contributed by atoms with Crippen LogP contribution in [-0.4, -0.2) is 70.5 Å². The van der Waals surface area contributed by atoms with E-state index in [1.165, 1.54) is 4.90 Å². The first-order chi connectivity index (χ1) is 11.3. The van der Waals surface area contributed by atoms with Gasteiger partial charge >= 0.3 is 6.09 Å². The van der Waals surface area contributed by atoms with Gasteiger partial charge in [0, 0.05) is 24.2 Å². The van der Waals surface area contributed by atoms with Gasteiger partial charge in [0.05, 0.1) is 6.04 Å². The van der Waals surface area contributed by atoms with E-state index >= 15 is 4.39 Å². The van der Waals surface area contributed by atoms with Gasteiger partial charge in [-0.15, -0.1) is 0 Å². The topological polar surface area (TPSA) is 55.8 Å². The van der Waals surface area contributed by atoms with Gasteiger partial charge in [-0.3, -0.25) is 9.80 Å². The molecule has 138 valence electrons. The van der Waals surface area contributed by atoms with Crippen molar-refractivity contribution in [2.75, 3.05) is 19.6 Å². The molecule has 2 aliphatic heterocycles. The molecule has 3 fully saturated rings. The van der Waals surface area contributed by atoms with Gasteiger partial charge in [0.1, 0.15) is 6.17 Å². The molecule has 3 unspecified atom stereocenters. The summed E-state index contributed by atoms with van der Waals surface area (Å²) in [6, 6.07) is -0.175. The minimum Gasteiger partial charge on any atom is -0.465 e. The molecule has 0 bridgehead atoms. The van der Waals surface area contributed by atoms with Crippen LogP contribution in [0.4, 0.5) is 9.18 Å². The highest BCUT2D eigenvalue weighted by atomic mass is 19.1. The minimum absolute atomic E-state index is 0.101. The van der Waals surface area contributed by atoms with Gasteiger partial charge in [0.2, 0.25) is 0 Å². The zero-order chi connectivity index (χ0) is 17.5. The van der Waals surface area contributed by atoms with Crippen molar-refractivity contribution in [2.24, 2.45) is 5.92 Å². The number of amides is 1. The summed E-state index contributed by atoms with van der Waals surface area (Å²) >= 11 is 0. The van der Waals surface area contributed by atoms with Crippen LogP contribution < -0.4 is 5.32 Å². The lowest BCUT2D eigenvalue weighted by atomic mass is 9.86. The first-order valence-electron chi connectivity index (χ1n) is 9.43. The van der Waals surface area contributed by atoms with Gasteiger partial charge in [-0.05, 0) is 71.9 Å². The Morgan fingerprint density at radius 2 is 1.79 bits per heavy atom. The number of nitrogens with zero attached hydrogens (tertiary/aromatic N) is 2. The summed E-state index contributed by atoms with van der Waals surface area (Å²) in [5, 5.41) is 13.1. The third-order valence-corrected chi connectivity index (χ3v) is 5.90. The number of likely N-dealkylation sites (tertiary alicyclic amines) is 1. The normalized spacial score (nSPS) is 33.4. The quantitative estimate of drug-likeness (QED) is 0.829. The minimum atomic E-state index is -1.09. The summed E-state index contributed by atoms with van der Waals surface area (Å²) in [4.78, 5) is 15.6. The molecule has 6 heteroatoms. The van der Waals surface area contributed by atoms with E-state index in [0.29, 0.717) is 18.4 Å². The maximum atomic E-state index is 15.6. The maximum absolute atomic E-state index is 15.6. The van der Waals surface area contributed by atoms with Crippen LogP contribution in [0.25, 0.3) is 0 Å². The van der Waals surface area contributed by atoms with Crippen LogP contribution in [0.15, 0.2) is 0 Å². The van der Waals surface area contributed by atoms with Crippen LogP contribution in [0, 0.1) is 5.92 Å². The number of hydrogen-bond donors (Lipinski definition) is 2. The number of rotatable bonds is 3. The van der Waals surface area contributed by atoms with E-state index in [1.54, 1.807) is 0 Å². The van der Waals surface area contributed by atoms with Crippen LogP contribution in [-0.2, 0) is 0 Å². The Morgan fingerprint density at radius 1 is 1.17 bits per heavy atom.